The summed E-state index contributed by atoms with van der Waals surface area (Å²) in [5.41, 5.74) is 1.63. The number of hydrogen-bond donors (Lipinski definition) is 1. The molecule has 0 radical (unpaired) electrons. The molecular formula is C26H34F2N2O. The van der Waals surface area contributed by atoms with Gasteiger partial charge in [0.15, 0.2) is 0 Å². The first-order chi connectivity index (χ1) is 15.0. The summed E-state index contributed by atoms with van der Waals surface area (Å²) in [6.07, 6.45) is 15.7. The molecule has 1 aromatic carbocycles. The summed E-state index contributed by atoms with van der Waals surface area (Å²) in [5, 5.41) is 2.72. The fraction of sp³-hybridized carbons (Fsp3) is 0.423. The highest BCUT2D eigenvalue weighted by Crippen LogP contribution is 2.45. The van der Waals surface area contributed by atoms with Crippen LogP contribution < -0.4 is 5.32 Å². The molecule has 2 atom stereocenters. The maximum absolute atomic E-state index is 13.3. The molecule has 1 heterocycles. The van der Waals surface area contributed by atoms with Crippen molar-refractivity contribution in [1.82, 2.24) is 10.2 Å². The number of allylic oxidation sites excluding steroid dienone is 7. The number of nitrogens with one attached hydrogen (secondary N) is 1. The largest absolute Gasteiger partial charge is 0.353 e. The minimum absolute atomic E-state index is 0.0567. The minimum atomic E-state index is -0.500. The molecule has 0 spiro atoms. The second-order valence-electron chi connectivity index (χ2n) is 7.92. The lowest BCUT2D eigenvalue weighted by atomic mass is 10.2. The van der Waals surface area contributed by atoms with E-state index < -0.39 is 11.6 Å². The first-order valence-corrected chi connectivity index (χ1v) is 11.1. The molecule has 168 valence electrons. The highest BCUT2D eigenvalue weighted by atomic mass is 19.1. The Morgan fingerprint density at radius 1 is 1.16 bits per heavy atom. The Labute approximate surface area is 185 Å². The third kappa shape index (κ3) is 9.01. The van der Waals surface area contributed by atoms with Crippen LogP contribution in [-0.2, 0) is 11.3 Å². The summed E-state index contributed by atoms with van der Waals surface area (Å²) in [6.45, 7) is 9.39. The molecule has 1 saturated heterocycles. The second kappa shape index (κ2) is 13.0. The molecule has 1 aromatic rings. The van der Waals surface area contributed by atoms with Gasteiger partial charge in [-0.15, -0.1) is 0 Å². The second-order valence-corrected chi connectivity index (χ2v) is 7.92. The summed E-state index contributed by atoms with van der Waals surface area (Å²) in [7, 11) is 0. The molecule has 3 nitrogen and oxygen atoms in total. The average molecular weight is 429 g/mol. The number of fused-ring (bicyclic) bond motifs is 1. The van der Waals surface area contributed by atoms with E-state index in [1.807, 2.05) is 44.2 Å². The summed E-state index contributed by atoms with van der Waals surface area (Å²) in [6, 6.07) is 3.84. The Morgan fingerprint density at radius 2 is 1.90 bits per heavy atom. The predicted octanol–water partition coefficient (Wildman–Crippen LogP) is 5.56. The zero-order valence-electron chi connectivity index (χ0n) is 18.8. The highest BCUT2D eigenvalue weighted by molar-refractivity contribution is 5.88. The zero-order valence-corrected chi connectivity index (χ0v) is 18.8. The topological polar surface area (TPSA) is 32.3 Å². The molecule has 31 heavy (non-hydrogen) atoms. The Morgan fingerprint density at radius 3 is 2.52 bits per heavy atom. The monoisotopic (exact) mass is 428 g/mol. The third-order valence-corrected chi connectivity index (χ3v) is 5.27. The van der Waals surface area contributed by atoms with Crippen LogP contribution in [0.2, 0.25) is 0 Å². The molecule has 1 aliphatic carbocycles. The fourth-order valence-corrected chi connectivity index (χ4v) is 3.55. The average Bonchev–Trinajstić information content (AvgIpc) is 3.36. The van der Waals surface area contributed by atoms with Gasteiger partial charge in [0.1, 0.15) is 11.6 Å². The molecule has 3 rings (SSSR count). The highest BCUT2D eigenvalue weighted by Gasteiger charge is 2.44. The molecule has 0 bridgehead atoms. The normalized spacial score (nSPS) is 20.9. The number of nitrogens with zero attached hydrogens (tertiary/aromatic N) is 1. The van der Waals surface area contributed by atoms with E-state index in [1.54, 1.807) is 12.1 Å². The van der Waals surface area contributed by atoms with Crippen LogP contribution in [0.1, 0.15) is 39.2 Å². The van der Waals surface area contributed by atoms with E-state index in [2.05, 4.69) is 23.2 Å². The van der Waals surface area contributed by atoms with Crippen LogP contribution in [0.15, 0.2) is 66.3 Å². The van der Waals surface area contributed by atoms with Crippen LogP contribution in [0.4, 0.5) is 8.78 Å². The number of likely N-dealkylation sites (tertiary alicyclic amines) is 1. The van der Waals surface area contributed by atoms with Crippen molar-refractivity contribution < 1.29 is 13.6 Å². The van der Waals surface area contributed by atoms with E-state index in [1.165, 1.54) is 12.5 Å². The maximum Gasteiger partial charge on any atom is 0.243 e. The van der Waals surface area contributed by atoms with Crippen LogP contribution in [0.5, 0.6) is 0 Å². The van der Waals surface area contributed by atoms with Gasteiger partial charge in [-0.25, -0.2) is 8.78 Å². The SMILES string of the molecule is C\C=C/C=C(\C=C\CC)/C=C/C(=O)NCC.Fc1ccc(CN2CC3CC3C2)c(F)c1. The van der Waals surface area contributed by atoms with Crippen LogP contribution in [0.25, 0.3) is 0 Å². The van der Waals surface area contributed by atoms with Gasteiger partial charge in [-0.05, 0) is 56.2 Å². The van der Waals surface area contributed by atoms with E-state index in [0.29, 0.717) is 18.7 Å². The number of benzene rings is 1. The van der Waals surface area contributed by atoms with Crippen molar-refractivity contribution in [3.63, 3.8) is 0 Å². The summed E-state index contributed by atoms with van der Waals surface area (Å²) >= 11 is 0. The zero-order chi connectivity index (χ0) is 22.6. The number of rotatable bonds is 8. The van der Waals surface area contributed by atoms with E-state index in [4.69, 9.17) is 0 Å². The van der Waals surface area contributed by atoms with Crippen LogP contribution in [-0.4, -0.2) is 30.4 Å². The van der Waals surface area contributed by atoms with E-state index in [9.17, 15) is 13.6 Å². The number of halogens is 2. The quantitative estimate of drug-likeness (QED) is 0.434. The molecule has 1 aliphatic heterocycles. The van der Waals surface area contributed by atoms with Gasteiger partial charge in [0.2, 0.25) is 5.91 Å². The van der Waals surface area contributed by atoms with E-state index >= 15 is 0 Å². The van der Waals surface area contributed by atoms with Crippen molar-refractivity contribution in [2.75, 3.05) is 19.6 Å². The summed E-state index contributed by atoms with van der Waals surface area (Å²) in [4.78, 5) is 13.5. The Hall–Kier alpha value is -2.53. The van der Waals surface area contributed by atoms with Crippen molar-refractivity contribution >= 4 is 5.91 Å². The lowest BCUT2D eigenvalue weighted by molar-refractivity contribution is -0.116. The van der Waals surface area contributed by atoms with Gasteiger partial charge < -0.3 is 5.32 Å². The van der Waals surface area contributed by atoms with Crippen molar-refractivity contribution in [1.29, 1.82) is 0 Å². The number of piperidine rings is 1. The molecule has 1 N–H and O–H groups in total. The Kier molecular flexibility index (Phi) is 10.4. The van der Waals surface area contributed by atoms with Crippen molar-refractivity contribution in [3.8, 4) is 0 Å². The van der Waals surface area contributed by atoms with Gasteiger partial charge in [0.25, 0.3) is 0 Å². The first-order valence-electron chi connectivity index (χ1n) is 11.1. The molecule has 2 fully saturated rings. The smallest absolute Gasteiger partial charge is 0.243 e. The van der Waals surface area contributed by atoms with Crippen molar-refractivity contribution in [2.24, 2.45) is 11.8 Å². The van der Waals surface area contributed by atoms with Crippen molar-refractivity contribution in [3.05, 3.63) is 83.5 Å². The van der Waals surface area contributed by atoms with Gasteiger partial charge >= 0.3 is 0 Å². The molecule has 1 amide bonds. The van der Waals surface area contributed by atoms with Gasteiger partial charge in [-0.3, -0.25) is 9.69 Å². The number of amides is 1. The van der Waals surface area contributed by atoms with Gasteiger partial charge in [-0.1, -0.05) is 43.4 Å². The standard InChI is InChI=1S/C14H21NO.C12H13F2N/c1-4-7-9-13(10-8-5-2)11-12-14(16)15-6-3;13-11-2-1-8(12(14)4-11)5-15-6-9-3-10(9)7-15/h4,7-12H,5-6H2,1-3H3,(H,15,16);1-2,4,9-10H,3,5-7H2/b7-4-,10-8+,12-11+,13-9+;. The lowest BCUT2D eigenvalue weighted by Gasteiger charge is -2.17. The molecule has 5 heteroatoms. The minimum Gasteiger partial charge on any atom is -0.353 e. The molecule has 2 aliphatic rings. The number of carbonyl (C=O) groups excluding carboxylic acids is 1. The third-order valence-electron chi connectivity index (χ3n) is 5.27. The predicted molar refractivity (Wildman–Crippen MR) is 123 cm³/mol. The summed E-state index contributed by atoms with van der Waals surface area (Å²) < 4.78 is 26.0. The van der Waals surface area contributed by atoms with Crippen molar-refractivity contribution in [2.45, 2.75) is 40.2 Å². The number of carbonyl (C=O) groups is 1. The van der Waals surface area contributed by atoms with Gasteiger partial charge in [0, 0.05) is 43.9 Å². The van der Waals surface area contributed by atoms with E-state index in [0.717, 1.165) is 43.0 Å². The number of hydrogen-bond acceptors (Lipinski definition) is 2. The van der Waals surface area contributed by atoms with Crippen LogP contribution in [0, 0.1) is 23.5 Å². The molecular weight excluding hydrogens is 394 g/mol. The van der Waals surface area contributed by atoms with Gasteiger partial charge in [0.05, 0.1) is 0 Å². The molecule has 2 unspecified atom stereocenters. The summed E-state index contributed by atoms with van der Waals surface area (Å²) in [5.74, 6) is 0.733. The Bertz CT molecular complexity index is 832. The molecule has 1 saturated carbocycles. The maximum atomic E-state index is 13.3. The Balaban J connectivity index is 0.000000220. The first kappa shape index (κ1) is 24.7. The van der Waals surface area contributed by atoms with Crippen LogP contribution in [0.3, 0.4) is 0 Å². The van der Waals surface area contributed by atoms with Crippen LogP contribution >= 0.6 is 0 Å². The molecule has 0 aromatic heterocycles. The van der Waals surface area contributed by atoms with Gasteiger partial charge in [-0.2, -0.15) is 0 Å². The fourth-order valence-electron chi connectivity index (χ4n) is 3.55. The van der Waals surface area contributed by atoms with E-state index in [-0.39, 0.29) is 5.91 Å². The lowest BCUT2D eigenvalue weighted by Crippen LogP contribution is -2.22. The number of likely N-dealkylation sites (N-methyl/N-ethyl adjacent to an activating group) is 1.